The Kier molecular flexibility index (Phi) is 7.43. The summed E-state index contributed by atoms with van der Waals surface area (Å²) >= 11 is 5.36. The van der Waals surface area contributed by atoms with Crippen molar-refractivity contribution in [2.75, 3.05) is 0 Å². The molecule has 1 unspecified atom stereocenters. The van der Waals surface area contributed by atoms with Crippen LogP contribution in [0.2, 0.25) is 0 Å². The third kappa shape index (κ3) is 5.38. The molecule has 1 aromatic heterocycles. The van der Waals surface area contributed by atoms with Gasteiger partial charge < -0.3 is 9.84 Å². The second kappa shape index (κ2) is 9.16. The average Bonchev–Trinajstić information content (AvgIpc) is 2.65. The second-order valence-electron chi connectivity index (χ2n) is 9.37. The van der Waals surface area contributed by atoms with Gasteiger partial charge in [-0.3, -0.25) is 0 Å². The lowest BCUT2D eigenvalue weighted by Crippen LogP contribution is -2.28. The van der Waals surface area contributed by atoms with Crippen molar-refractivity contribution >= 4 is 17.3 Å². The summed E-state index contributed by atoms with van der Waals surface area (Å²) in [6.07, 6.45) is 3.24. The van der Waals surface area contributed by atoms with E-state index >= 15 is 0 Å². The lowest BCUT2D eigenvalue weighted by Gasteiger charge is -2.31. The maximum atomic E-state index is 14.2. The first kappa shape index (κ1) is 25.1. The minimum atomic E-state index is -1.66. The average molecular weight is 459 g/mol. The minimum absolute atomic E-state index is 0.0227. The lowest BCUT2D eigenvalue weighted by atomic mass is 9.77. The van der Waals surface area contributed by atoms with E-state index in [1.54, 1.807) is 12.4 Å². The topological polar surface area (TPSA) is 55.2 Å². The Balaban J connectivity index is 2.34. The Morgan fingerprint density at radius 3 is 1.77 bits per heavy atom. The van der Waals surface area contributed by atoms with Gasteiger partial charge in [0.25, 0.3) is 0 Å². The van der Waals surface area contributed by atoms with Crippen LogP contribution >= 0.6 is 12.2 Å². The maximum Gasteiger partial charge on any atom is 0.168 e. The van der Waals surface area contributed by atoms with Crippen LogP contribution in [-0.2, 0) is 23.4 Å². The molecule has 0 aliphatic carbocycles. The molecule has 9 heteroatoms. The molecule has 0 amide bonds. The molecule has 1 aromatic carbocycles. The van der Waals surface area contributed by atoms with Crippen molar-refractivity contribution in [1.29, 1.82) is 0 Å². The maximum absolute atomic E-state index is 14.2. The van der Waals surface area contributed by atoms with Crippen LogP contribution in [0.4, 0.5) is 17.6 Å². The van der Waals surface area contributed by atoms with Gasteiger partial charge in [0.2, 0.25) is 0 Å². The first-order valence-electron chi connectivity index (χ1n) is 9.63. The van der Waals surface area contributed by atoms with Gasteiger partial charge in [-0.05, 0) is 17.6 Å². The molecule has 0 fully saturated rings. The molecule has 2 rings (SSSR count). The summed E-state index contributed by atoms with van der Waals surface area (Å²) in [5.74, 6) is -6.48. The van der Waals surface area contributed by atoms with Crippen molar-refractivity contribution in [2.45, 2.75) is 66.1 Å². The van der Waals surface area contributed by atoms with Gasteiger partial charge in [-0.25, -0.2) is 27.5 Å². The van der Waals surface area contributed by atoms with Gasteiger partial charge in [0.15, 0.2) is 28.3 Å². The molecule has 2 aromatic rings. The molecule has 170 valence electrons. The van der Waals surface area contributed by atoms with Gasteiger partial charge in [0.1, 0.15) is 12.4 Å². The van der Waals surface area contributed by atoms with E-state index in [2.05, 4.69) is 9.97 Å². The number of nitrogens with zero attached hydrogens (tertiary/aromatic N) is 2. The molecule has 0 radical (unpaired) electrons. The number of hydrogen-bond acceptors (Lipinski definition) is 5. The fourth-order valence-electron chi connectivity index (χ4n) is 3.08. The first-order valence-corrected chi connectivity index (χ1v) is 10.0. The zero-order valence-electron chi connectivity index (χ0n) is 18.3. The van der Waals surface area contributed by atoms with E-state index in [-0.39, 0.29) is 10.5 Å². The molecule has 0 bridgehead atoms. The van der Waals surface area contributed by atoms with Gasteiger partial charge in [0, 0.05) is 23.4 Å². The SMILES string of the molecule is CC(C)(C)c1ncc(C(C(=S)OCc2c(F)c(F)c(CO)c(F)c2F)C(C)(C)C)cn1. The van der Waals surface area contributed by atoms with Crippen LogP contribution in [-0.4, -0.2) is 20.1 Å². The van der Waals surface area contributed by atoms with Crippen molar-refractivity contribution in [3.8, 4) is 0 Å². The molecule has 31 heavy (non-hydrogen) atoms. The Hall–Kier alpha value is -2.13. The van der Waals surface area contributed by atoms with Crippen LogP contribution in [0.25, 0.3) is 0 Å². The van der Waals surface area contributed by atoms with Crippen LogP contribution in [0.1, 0.15) is 70.0 Å². The van der Waals surface area contributed by atoms with E-state index in [0.29, 0.717) is 11.4 Å². The summed E-state index contributed by atoms with van der Waals surface area (Å²) in [7, 11) is 0. The Morgan fingerprint density at radius 2 is 1.39 bits per heavy atom. The monoisotopic (exact) mass is 458 g/mol. The van der Waals surface area contributed by atoms with E-state index in [4.69, 9.17) is 22.1 Å². The largest absolute Gasteiger partial charge is 0.481 e. The van der Waals surface area contributed by atoms with Crippen molar-refractivity contribution in [3.63, 3.8) is 0 Å². The predicted molar refractivity (Wildman–Crippen MR) is 113 cm³/mol. The summed E-state index contributed by atoms with van der Waals surface area (Å²) in [6.45, 7) is 9.59. The summed E-state index contributed by atoms with van der Waals surface area (Å²) in [4.78, 5) is 8.77. The van der Waals surface area contributed by atoms with Crippen molar-refractivity contribution < 1.29 is 27.4 Å². The molecule has 0 spiro atoms. The summed E-state index contributed by atoms with van der Waals surface area (Å²) < 4.78 is 61.7. The van der Waals surface area contributed by atoms with Crippen LogP contribution in [0.3, 0.4) is 0 Å². The van der Waals surface area contributed by atoms with Gasteiger partial charge in [-0.15, -0.1) is 0 Å². The summed E-state index contributed by atoms with van der Waals surface area (Å²) in [6, 6.07) is 0. The third-order valence-electron chi connectivity index (χ3n) is 4.74. The van der Waals surface area contributed by atoms with Crippen molar-refractivity contribution in [3.05, 3.63) is 58.2 Å². The Labute approximate surface area is 184 Å². The first-order chi connectivity index (χ1) is 14.2. The number of aromatic nitrogens is 2. The lowest BCUT2D eigenvalue weighted by molar-refractivity contribution is 0.238. The fourth-order valence-corrected chi connectivity index (χ4v) is 3.63. The molecule has 0 saturated heterocycles. The van der Waals surface area contributed by atoms with Crippen LogP contribution in [0, 0.1) is 28.7 Å². The zero-order chi connectivity index (χ0) is 23.7. The van der Waals surface area contributed by atoms with E-state index in [1.165, 1.54) is 0 Å². The fraction of sp³-hybridized carbons (Fsp3) is 0.500. The normalized spacial score (nSPS) is 13.3. The number of rotatable bonds is 5. The van der Waals surface area contributed by atoms with Crippen molar-refractivity contribution in [1.82, 2.24) is 9.97 Å². The van der Waals surface area contributed by atoms with Gasteiger partial charge in [-0.2, -0.15) is 0 Å². The molecular formula is C22H26F4N2O2S. The number of halogens is 4. The number of aliphatic hydroxyl groups excluding tert-OH is 1. The number of ether oxygens (including phenoxy) is 1. The molecule has 0 aliphatic heterocycles. The molecule has 0 aliphatic rings. The van der Waals surface area contributed by atoms with Crippen LogP contribution in [0.5, 0.6) is 0 Å². The van der Waals surface area contributed by atoms with Crippen LogP contribution < -0.4 is 0 Å². The van der Waals surface area contributed by atoms with Crippen LogP contribution in [0.15, 0.2) is 12.4 Å². The highest BCUT2D eigenvalue weighted by Crippen LogP contribution is 2.37. The Morgan fingerprint density at radius 1 is 0.935 bits per heavy atom. The number of aliphatic hydroxyl groups is 1. The highest BCUT2D eigenvalue weighted by Gasteiger charge is 2.33. The summed E-state index contributed by atoms with van der Waals surface area (Å²) in [5, 5.41) is 8.92. The molecule has 4 nitrogen and oxygen atoms in total. The van der Waals surface area contributed by atoms with Gasteiger partial charge in [0.05, 0.1) is 23.7 Å². The van der Waals surface area contributed by atoms with E-state index in [9.17, 15) is 17.6 Å². The molecule has 0 saturated carbocycles. The van der Waals surface area contributed by atoms with E-state index < -0.39 is 58.9 Å². The highest BCUT2D eigenvalue weighted by molar-refractivity contribution is 7.80. The second-order valence-corrected chi connectivity index (χ2v) is 9.77. The highest BCUT2D eigenvalue weighted by atomic mass is 32.1. The van der Waals surface area contributed by atoms with E-state index in [0.717, 1.165) is 0 Å². The quantitative estimate of drug-likeness (QED) is 0.364. The number of benzene rings is 1. The Bertz CT molecular complexity index is 938. The third-order valence-corrected chi connectivity index (χ3v) is 5.09. The predicted octanol–water partition coefficient (Wildman–Crippen LogP) is 5.50. The zero-order valence-corrected chi connectivity index (χ0v) is 19.1. The van der Waals surface area contributed by atoms with Gasteiger partial charge >= 0.3 is 0 Å². The van der Waals surface area contributed by atoms with Crippen molar-refractivity contribution in [2.24, 2.45) is 5.41 Å². The number of thiocarbonyl (C=S) groups is 1. The molecule has 1 N–H and O–H groups in total. The van der Waals surface area contributed by atoms with E-state index in [1.807, 2.05) is 41.5 Å². The smallest absolute Gasteiger partial charge is 0.168 e. The number of hydrogen-bond donors (Lipinski definition) is 1. The summed E-state index contributed by atoms with van der Waals surface area (Å²) in [5.41, 5.74) is -2.11. The molecular weight excluding hydrogens is 432 g/mol. The van der Waals surface area contributed by atoms with Gasteiger partial charge in [-0.1, -0.05) is 41.5 Å². The molecule has 1 heterocycles. The molecule has 1 atom stereocenters. The standard InChI is InChI=1S/C22H26F4N2O2S/c1-21(2,3)14(11-7-27-20(28-8-11)22(4,5)6)19(31)30-10-13-17(25)15(23)12(9-29)16(24)18(13)26/h7-8,14,29H,9-10H2,1-6H3. The minimum Gasteiger partial charge on any atom is -0.481 e.